The van der Waals surface area contributed by atoms with Crippen LogP contribution >= 0.6 is 11.6 Å². The lowest BCUT2D eigenvalue weighted by molar-refractivity contribution is -0.132. The third kappa shape index (κ3) is 3.66. The number of methoxy groups -OCH3 is 1. The molecular formula is C16H22ClNO2. The summed E-state index contributed by atoms with van der Waals surface area (Å²) < 4.78 is 5.31. The number of likely N-dealkylation sites (tertiary alicyclic amines) is 1. The maximum atomic E-state index is 12.6. The molecule has 110 valence electrons. The summed E-state index contributed by atoms with van der Waals surface area (Å²) in [4.78, 5) is 14.5. The van der Waals surface area contributed by atoms with E-state index in [2.05, 4.69) is 0 Å². The van der Waals surface area contributed by atoms with Crippen molar-refractivity contribution in [3.8, 4) is 5.75 Å². The summed E-state index contributed by atoms with van der Waals surface area (Å²) in [6, 6.07) is 7.88. The number of carbonyl (C=O) groups is 1. The molecule has 0 aromatic heterocycles. The number of hydrogen-bond acceptors (Lipinski definition) is 2. The molecule has 1 aromatic rings. The highest BCUT2D eigenvalue weighted by Gasteiger charge is 2.25. The predicted molar refractivity (Wildman–Crippen MR) is 81.4 cm³/mol. The largest absolute Gasteiger partial charge is 0.496 e. The van der Waals surface area contributed by atoms with Gasteiger partial charge in [0.25, 0.3) is 0 Å². The number of nitrogens with zero attached hydrogens (tertiary/aromatic N) is 1. The quantitative estimate of drug-likeness (QED) is 0.798. The van der Waals surface area contributed by atoms with Crippen molar-refractivity contribution in [1.82, 2.24) is 4.90 Å². The average Bonchev–Trinajstić information content (AvgIpc) is 2.73. The van der Waals surface area contributed by atoms with Crippen LogP contribution in [0.25, 0.3) is 0 Å². The maximum Gasteiger partial charge on any atom is 0.227 e. The molecule has 1 unspecified atom stereocenters. The van der Waals surface area contributed by atoms with Gasteiger partial charge in [0.1, 0.15) is 5.75 Å². The standard InChI is InChI=1S/C16H22ClNO2/c1-20-15-9-5-4-7-13(15)11-16(19)18-10-6-2-3-8-14(18)12-17/h4-5,7,9,14H,2-3,6,8,10-12H2,1H3. The van der Waals surface area contributed by atoms with Crippen LogP contribution in [0.2, 0.25) is 0 Å². The maximum absolute atomic E-state index is 12.6. The van der Waals surface area contributed by atoms with Crippen molar-refractivity contribution in [2.24, 2.45) is 0 Å². The molecule has 0 bridgehead atoms. The molecule has 4 heteroatoms. The van der Waals surface area contributed by atoms with Gasteiger partial charge in [0.15, 0.2) is 0 Å². The Morgan fingerprint density at radius 2 is 2.15 bits per heavy atom. The molecule has 1 atom stereocenters. The van der Waals surface area contributed by atoms with Crippen molar-refractivity contribution < 1.29 is 9.53 Å². The molecule has 0 spiro atoms. The zero-order valence-electron chi connectivity index (χ0n) is 12.0. The van der Waals surface area contributed by atoms with Crippen LogP contribution < -0.4 is 4.74 Å². The molecule has 1 saturated heterocycles. The molecule has 1 aliphatic heterocycles. The van der Waals surface area contributed by atoms with Crippen molar-refractivity contribution in [1.29, 1.82) is 0 Å². The normalized spacial score (nSPS) is 19.5. The summed E-state index contributed by atoms with van der Waals surface area (Å²) in [5.41, 5.74) is 0.942. The van der Waals surface area contributed by atoms with E-state index in [9.17, 15) is 4.79 Å². The fraction of sp³-hybridized carbons (Fsp3) is 0.562. The van der Waals surface area contributed by atoms with Gasteiger partial charge in [-0.1, -0.05) is 31.0 Å². The van der Waals surface area contributed by atoms with E-state index in [1.165, 1.54) is 6.42 Å². The molecule has 0 saturated carbocycles. The van der Waals surface area contributed by atoms with Crippen LogP contribution in [0.1, 0.15) is 31.2 Å². The first-order valence-corrected chi connectivity index (χ1v) is 7.77. The molecule has 0 radical (unpaired) electrons. The number of carbonyl (C=O) groups excluding carboxylic acids is 1. The molecule has 0 N–H and O–H groups in total. The number of alkyl halides is 1. The Bertz CT molecular complexity index is 450. The van der Waals surface area contributed by atoms with Gasteiger partial charge in [0.2, 0.25) is 5.91 Å². The molecule has 1 fully saturated rings. The highest BCUT2D eigenvalue weighted by atomic mass is 35.5. The number of para-hydroxylation sites is 1. The second-order valence-corrected chi connectivity index (χ2v) is 5.54. The van der Waals surface area contributed by atoms with Crippen molar-refractivity contribution in [3.05, 3.63) is 29.8 Å². The van der Waals surface area contributed by atoms with E-state index in [0.717, 1.165) is 37.1 Å². The van der Waals surface area contributed by atoms with Crippen LogP contribution in [0.5, 0.6) is 5.75 Å². The van der Waals surface area contributed by atoms with E-state index in [0.29, 0.717) is 12.3 Å². The van der Waals surface area contributed by atoms with Gasteiger partial charge in [-0.3, -0.25) is 4.79 Å². The van der Waals surface area contributed by atoms with Crippen LogP contribution in [0.15, 0.2) is 24.3 Å². The van der Waals surface area contributed by atoms with Gasteiger partial charge in [-0.2, -0.15) is 0 Å². The Hall–Kier alpha value is -1.22. The number of benzene rings is 1. The average molecular weight is 296 g/mol. The van der Waals surface area contributed by atoms with E-state index in [1.54, 1.807) is 7.11 Å². The van der Waals surface area contributed by atoms with Crippen molar-refractivity contribution in [2.45, 2.75) is 38.1 Å². The Morgan fingerprint density at radius 1 is 1.35 bits per heavy atom. The van der Waals surface area contributed by atoms with E-state index in [4.69, 9.17) is 16.3 Å². The van der Waals surface area contributed by atoms with Gasteiger partial charge in [0, 0.05) is 24.0 Å². The van der Waals surface area contributed by atoms with Crippen molar-refractivity contribution in [2.75, 3.05) is 19.5 Å². The third-order valence-electron chi connectivity index (χ3n) is 3.91. The van der Waals surface area contributed by atoms with Gasteiger partial charge in [-0.15, -0.1) is 11.6 Å². The van der Waals surface area contributed by atoms with Gasteiger partial charge < -0.3 is 9.64 Å². The Balaban J connectivity index is 2.09. The summed E-state index contributed by atoms with van der Waals surface area (Å²) in [6.45, 7) is 0.825. The minimum atomic E-state index is 0.155. The van der Waals surface area contributed by atoms with E-state index in [-0.39, 0.29) is 11.9 Å². The number of amides is 1. The minimum Gasteiger partial charge on any atom is -0.496 e. The number of rotatable bonds is 4. The number of halogens is 1. The molecule has 1 aromatic carbocycles. The van der Waals surface area contributed by atoms with Gasteiger partial charge in [-0.05, 0) is 18.9 Å². The monoisotopic (exact) mass is 295 g/mol. The summed E-state index contributed by atoms with van der Waals surface area (Å²) in [7, 11) is 1.64. The van der Waals surface area contributed by atoms with Crippen LogP contribution in [0, 0.1) is 0 Å². The fourth-order valence-corrected chi connectivity index (χ4v) is 3.10. The highest BCUT2D eigenvalue weighted by Crippen LogP contribution is 2.22. The second kappa shape index (κ2) is 7.53. The molecule has 2 rings (SSSR count). The molecule has 1 amide bonds. The second-order valence-electron chi connectivity index (χ2n) is 5.23. The van der Waals surface area contributed by atoms with Gasteiger partial charge in [0.05, 0.1) is 13.5 Å². The van der Waals surface area contributed by atoms with Crippen LogP contribution in [-0.2, 0) is 11.2 Å². The lowest BCUT2D eigenvalue weighted by atomic mass is 10.1. The molecule has 0 aliphatic carbocycles. The highest BCUT2D eigenvalue weighted by molar-refractivity contribution is 6.18. The Labute approximate surface area is 125 Å². The molecule has 1 aliphatic rings. The molecular weight excluding hydrogens is 274 g/mol. The molecule has 3 nitrogen and oxygen atoms in total. The van der Waals surface area contributed by atoms with Gasteiger partial charge >= 0.3 is 0 Å². The summed E-state index contributed by atoms with van der Waals surface area (Å²) in [5, 5.41) is 0. The van der Waals surface area contributed by atoms with E-state index >= 15 is 0 Å². The van der Waals surface area contributed by atoms with Gasteiger partial charge in [-0.25, -0.2) is 0 Å². The third-order valence-corrected chi connectivity index (χ3v) is 4.27. The topological polar surface area (TPSA) is 29.5 Å². The lowest BCUT2D eigenvalue weighted by Crippen LogP contribution is -2.42. The lowest BCUT2D eigenvalue weighted by Gasteiger charge is -2.29. The van der Waals surface area contributed by atoms with Crippen molar-refractivity contribution >= 4 is 17.5 Å². The SMILES string of the molecule is COc1ccccc1CC(=O)N1CCCCCC1CCl. The zero-order chi connectivity index (χ0) is 14.4. The first-order valence-electron chi connectivity index (χ1n) is 7.23. The van der Waals surface area contributed by atoms with Crippen LogP contribution in [0.3, 0.4) is 0 Å². The summed E-state index contributed by atoms with van der Waals surface area (Å²) in [6.07, 6.45) is 4.82. The van der Waals surface area contributed by atoms with Crippen molar-refractivity contribution in [3.63, 3.8) is 0 Å². The predicted octanol–water partition coefficient (Wildman–Crippen LogP) is 3.25. The first-order chi connectivity index (χ1) is 9.76. The fourth-order valence-electron chi connectivity index (χ4n) is 2.78. The summed E-state index contributed by atoms with van der Waals surface area (Å²) >= 11 is 6.03. The summed E-state index contributed by atoms with van der Waals surface area (Å²) in [5.74, 6) is 1.46. The Morgan fingerprint density at radius 3 is 2.90 bits per heavy atom. The number of hydrogen-bond donors (Lipinski definition) is 0. The van der Waals surface area contributed by atoms with E-state index in [1.807, 2.05) is 29.2 Å². The van der Waals surface area contributed by atoms with E-state index < -0.39 is 0 Å². The molecule has 20 heavy (non-hydrogen) atoms. The zero-order valence-corrected chi connectivity index (χ0v) is 12.7. The van der Waals surface area contributed by atoms with Crippen LogP contribution in [0.4, 0.5) is 0 Å². The minimum absolute atomic E-state index is 0.155. The first kappa shape index (κ1) is 15.2. The smallest absolute Gasteiger partial charge is 0.227 e. The number of ether oxygens (including phenoxy) is 1. The molecule has 1 heterocycles. The van der Waals surface area contributed by atoms with Crippen LogP contribution in [-0.4, -0.2) is 36.4 Å². The Kier molecular flexibility index (Phi) is 5.72.